The third-order valence-electron chi connectivity index (χ3n) is 5.45. The topological polar surface area (TPSA) is 93.5 Å². The summed E-state index contributed by atoms with van der Waals surface area (Å²) in [5.41, 5.74) is 2.46. The molecule has 0 saturated heterocycles. The minimum absolute atomic E-state index is 0.137. The lowest BCUT2D eigenvalue weighted by atomic mass is 10.0. The highest BCUT2D eigenvalue weighted by atomic mass is 35.5. The summed E-state index contributed by atoms with van der Waals surface area (Å²) in [6.45, 7) is 0.285. The Kier molecular flexibility index (Phi) is 6.33. The molecular formula is C25H22ClN3O4. The lowest BCUT2D eigenvalue weighted by molar-refractivity contribution is 0.0951. The van der Waals surface area contributed by atoms with Gasteiger partial charge < -0.3 is 19.7 Å². The molecule has 0 aliphatic carbocycles. The van der Waals surface area contributed by atoms with Crippen LogP contribution < -0.4 is 15.6 Å². The molecule has 1 amide bonds. The fourth-order valence-corrected chi connectivity index (χ4v) is 3.88. The first kappa shape index (κ1) is 22.4. The van der Waals surface area contributed by atoms with Gasteiger partial charge in [0.1, 0.15) is 5.75 Å². The van der Waals surface area contributed by atoms with E-state index in [-0.39, 0.29) is 35.7 Å². The van der Waals surface area contributed by atoms with Crippen LogP contribution in [0.2, 0.25) is 5.02 Å². The van der Waals surface area contributed by atoms with Gasteiger partial charge in [0.05, 0.1) is 18.2 Å². The maximum absolute atomic E-state index is 12.9. The fourth-order valence-electron chi connectivity index (χ4n) is 3.67. The summed E-state index contributed by atoms with van der Waals surface area (Å²) in [6.07, 6.45) is 1.85. The average molecular weight is 464 g/mol. The van der Waals surface area contributed by atoms with Crippen molar-refractivity contribution in [3.63, 3.8) is 0 Å². The molecule has 168 valence electrons. The number of carbonyl (C=O) groups is 1. The Bertz CT molecular complexity index is 1400. The van der Waals surface area contributed by atoms with Crippen LogP contribution in [-0.2, 0) is 20.0 Å². The van der Waals surface area contributed by atoms with Gasteiger partial charge in [-0.2, -0.15) is 0 Å². The number of ether oxygens (including phenoxy) is 1. The molecule has 0 bridgehead atoms. The van der Waals surface area contributed by atoms with Crippen molar-refractivity contribution in [1.82, 2.24) is 14.9 Å². The molecule has 2 heterocycles. The SMILES string of the molecule is COc1ccc(CNC(=O)c2ccc3c(c2)c(O)c(Cc2cccc(Cl)c2)c(=O)n3C)cn1. The van der Waals surface area contributed by atoms with Gasteiger partial charge in [0.2, 0.25) is 5.88 Å². The molecule has 0 aliphatic heterocycles. The van der Waals surface area contributed by atoms with Gasteiger partial charge in [-0.1, -0.05) is 29.8 Å². The van der Waals surface area contributed by atoms with Crippen molar-refractivity contribution in [1.29, 1.82) is 0 Å². The van der Waals surface area contributed by atoms with Gasteiger partial charge in [-0.05, 0) is 41.5 Å². The number of nitrogens with one attached hydrogen (secondary N) is 1. The van der Waals surface area contributed by atoms with E-state index in [9.17, 15) is 14.7 Å². The summed E-state index contributed by atoms with van der Waals surface area (Å²) in [7, 11) is 3.18. The van der Waals surface area contributed by atoms with Gasteiger partial charge in [0.25, 0.3) is 11.5 Å². The van der Waals surface area contributed by atoms with E-state index in [2.05, 4.69) is 10.3 Å². The number of halogens is 1. The summed E-state index contributed by atoms with van der Waals surface area (Å²) in [5, 5.41) is 14.8. The van der Waals surface area contributed by atoms with E-state index < -0.39 is 0 Å². The highest BCUT2D eigenvalue weighted by Gasteiger charge is 2.17. The molecule has 0 saturated carbocycles. The summed E-state index contributed by atoms with van der Waals surface area (Å²) >= 11 is 6.06. The van der Waals surface area contributed by atoms with Crippen LogP contribution in [0.15, 0.2) is 65.6 Å². The van der Waals surface area contributed by atoms with Crippen LogP contribution in [0.5, 0.6) is 11.6 Å². The summed E-state index contributed by atoms with van der Waals surface area (Å²) in [5.74, 6) is 0.0497. The monoisotopic (exact) mass is 463 g/mol. The van der Waals surface area contributed by atoms with Crippen LogP contribution in [0, 0.1) is 0 Å². The molecule has 0 spiro atoms. The molecule has 2 aromatic heterocycles. The maximum atomic E-state index is 12.9. The van der Waals surface area contributed by atoms with E-state index in [4.69, 9.17) is 16.3 Å². The summed E-state index contributed by atoms with van der Waals surface area (Å²) in [4.78, 5) is 29.8. The van der Waals surface area contributed by atoms with E-state index >= 15 is 0 Å². The summed E-state index contributed by atoms with van der Waals surface area (Å²) in [6, 6.07) is 15.5. The molecule has 0 aliphatic rings. The van der Waals surface area contributed by atoms with E-state index in [1.807, 2.05) is 12.1 Å². The number of rotatable bonds is 6. The average Bonchev–Trinajstić information content (AvgIpc) is 2.83. The molecule has 7 nitrogen and oxygen atoms in total. The molecule has 33 heavy (non-hydrogen) atoms. The van der Waals surface area contributed by atoms with E-state index in [1.54, 1.807) is 55.7 Å². The van der Waals surface area contributed by atoms with Crippen molar-refractivity contribution in [3.8, 4) is 11.6 Å². The maximum Gasteiger partial charge on any atom is 0.258 e. The molecule has 2 aromatic carbocycles. The number of hydrogen-bond donors (Lipinski definition) is 2. The molecule has 2 N–H and O–H groups in total. The van der Waals surface area contributed by atoms with Crippen LogP contribution >= 0.6 is 11.6 Å². The number of methoxy groups -OCH3 is 1. The van der Waals surface area contributed by atoms with Gasteiger partial charge in [0.15, 0.2) is 0 Å². The molecule has 0 radical (unpaired) electrons. The second kappa shape index (κ2) is 9.34. The van der Waals surface area contributed by atoms with Crippen LogP contribution in [0.25, 0.3) is 10.9 Å². The molecule has 8 heteroatoms. The van der Waals surface area contributed by atoms with Gasteiger partial charge in [0, 0.05) is 48.2 Å². The Hall–Kier alpha value is -3.84. The number of benzene rings is 2. The van der Waals surface area contributed by atoms with Crippen molar-refractivity contribution in [2.45, 2.75) is 13.0 Å². The standard InChI is InChI=1S/C25H22ClN3O4/c1-29-21-8-7-17(24(31)28-14-16-6-9-22(33-2)27-13-16)12-19(21)23(30)20(25(29)32)11-15-4-3-5-18(26)10-15/h3-10,12-13,30H,11,14H2,1-2H3,(H,28,31). The largest absolute Gasteiger partial charge is 0.507 e. The lowest BCUT2D eigenvalue weighted by Crippen LogP contribution is -2.24. The zero-order chi connectivity index (χ0) is 23.5. The minimum atomic E-state index is -0.308. The molecule has 0 atom stereocenters. The molecule has 0 fully saturated rings. The van der Waals surface area contributed by atoms with Crippen molar-refractivity contribution < 1.29 is 14.6 Å². The Morgan fingerprint density at radius 1 is 1.15 bits per heavy atom. The molecule has 0 unspecified atom stereocenters. The number of aromatic nitrogens is 2. The van der Waals surface area contributed by atoms with Crippen LogP contribution in [0.3, 0.4) is 0 Å². The number of carbonyl (C=O) groups excluding carboxylic acids is 1. The van der Waals surface area contributed by atoms with E-state index in [0.717, 1.165) is 11.1 Å². The number of aryl methyl sites for hydroxylation is 1. The number of hydrogen-bond acceptors (Lipinski definition) is 5. The summed E-state index contributed by atoms with van der Waals surface area (Å²) < 4.78 is 6.51. The number of aromatic hydroxyl groups is 1. The normalized spacial score (nSPS) is 10.9. The van der Waals surface area contributed by atoms with Crippen molar-refractivity contribution >= 4 is 28.4 Å². The smallest absolute Gasteiger partial charge is 0.258 e. The number of fused-ring (bicyclic) bond motifs is 1. The molecule has 4 rings (SSSR count). The lowest BCUT2D eigenvalue weighted by Gasteiger charge is -2.13. The Balaban J connectivity index is 1.64. The fraction of sp³-hybridized carbons (Fsp3) is 0.160. The van der Waals surface area contributed by atoms with Gasteiger partial charge in [-0.15, -0.1) is 0 Å². The Morgan fingerprint density at radius 2 is 1.97 bits per heavy atom. The highest BCUT2D eigenvalue weighted by molar-refractivity contribution is 6.30. The zero-order valence-corrected chi connectivity index (χ0v) is 18.9. The Labute approximate surface area is 195 Å². The molecule has 4 aromatic rings. The zero-order valence-electron chi connectivity index (χ0n) is 18.1. The van der Waals surface area contributed by atoms with Gasteiger partial charge in [-0.25, -0.2) is 4.98 Å². The predicted octanol–water partition coefficient (Wildman–Crippen LogP) is 3.82. The van der Waals surface area contributed by atoms with Crippen LogP contribution in [0.4, 0.5) is 0 Å². The van der Waals surface area contributed by atoms with Crippen molar-refractivity contribution in [2.75, 3.05) is 7.11 Å². The van der Waals surface area contributed by atoms with Crippen molar-refractivity contribution in [3.05, 3.63) is 98.4 Å². The third kappa shape index (κ3) is 4.68. The van der Waals surface area contributed by atoms with Crippen molar-refractivity contribution in [2.24, 2.45) is 7.05 Å². The Morgan fingerprint density at radius 3 is 2.67 bits per heavy atom. The van der Waals surface area contributed by atoms with Gasteiger partial charge in [-0.3, -0.25) is 9.59 Å². The predicted molar refractivity (Wildman–Crippen MR) is 127 cm³/mol. The van der Waals surface area contributed by atoms with E-state index in [0.29, 0.717) is 27.4 Å². The van der Waals surface area contributed by atoms with E-state index in [1.165, 1.54) is 11.7 Å². The number of pyridine rings is 2. The number of nitrogens with zero attached hydrogens (tertiary/aromatic N) is 2. The molecular weight excluding hydrogens is 442 g/mol. The second-order valence-corrected chi connectivity index (χ2v) is 8.06. The highest BCUT2D eigenvalue weighted by Crippen LogP contribution is 2.29. The van der Waals surface area contributed by atoms with Crippen LogP contribution in [-0.4, -0.2) is 27.7 Å². The first-order chi connectivity index (χ1) is 15.9. The van der Waals surface area contributed by atoms with Gasteiger partial charge >= 0.3 is 0 Å². The van der Waals surface area contributed by atoms with Crippen LogP contribution in [0.1, 0.15) is 27.0 Å². The first-order valence-corrected chi connectivity index (χ1v) is 10.6. The minimum Gasteiger partial charge on any atom is -0.507 e. The quantitative estimate of drug-likeness (QED) is 0.453. The number of amides is 1. The first-order valence-electron chi connectivity index (χ1n) is 10.2. The third-order valence-corrected chi connectivity index (χ3v) is 5.69. The second-order valence-electron chi connectivity index (χ2n) is 7.62.